The highest BCUT2D eigenvalue weighted by atomic mass is 16.2. The largest absolute Gasteiger partial charge is 0.355 e. The molecule has 5 nitrogen and oxygen atoms in total. The molecule has 2 amide bonds. The summed E-state index contributed by atoms with van der Waals surface area (Å²) in [6.07, 6.45) is 0.513. The van der Waals surface area contributed by atoms with Crippen molar-refractivity contribution in [1.82, 2.24) is 10.6 Å². The van der Waals surface area contributed by atoms with Crippen LogP contribution in [0.15, 0.2) is 66.2 Å². The molecule has 2 rings (SSSR count). The topological polar surface area (TPSA) is 75.3 Å². The number of benzene rings is 2. The lowest BCUT2D eigenvalue weighted by Gasteiger charge is -2.18. The van der Waals surface area contributed by atoms with Gasteiger partial charge in [-0.25, -0.2) is 4.79 Å². The molecule has 0 aliphatic carbocycles. The van der Waals surface area contributed by atoms with E-state index in [0.29, 0.717) is 13.0 Å². The Morgan fingerprint density at radius 1 is 0.962 bits per heavy atom. The van der Waals surface area contributed by atoms with Gasteiger partial charge in [0.2, 0.25) is 5.91 Å². The van der Waals surface area contributed by atoms with Crippen molar-refractivity contribution in [2.24, 2.45) is 0 Å². The number of amides is 2. The van der Waals surface area contributed by atoms with Crippen molar-refractivity contribution >= 4 is 17.8 Å². The van der Waals surface area contributed by atoms with Crippen molar-refractivity contribution in [3.63, 3.8) is 0 Å². The minimum absolute atomic E-state index is 0.0291. The lowest BCUT2D eigenvalue weighted by atomic mass is 10.0. The third-order valence-corrected chi connectivity index (χ3v) is 3.88. The van der Waals surface area contributed by atoms with Crippen LogP contribution in [-0.4, -0.2) is 30.3 Å². The van der Waals surface area contributed by atoms with Gasteiger partial charge in [0.1, 0.15) is 17.6 Å². The predicted octanol–water partition coefficient (Wildman–Crippen LogP) is 1.85. The fourth-order valence-corrected chi connectivity index (χ4v) is 2.56. The van der Waals surface area contributed by atoms with E-state index in [9.17, 15) is 14.4 Å². The van der Waals surface area contributed by atoms with Gasteiger partial charge in [-0.2, -0.15) is 0 Å². The van der Waals surface area contributed by atoms with E-state index in [0.717, 1.165) is 11.1 Å². The van der Waals surface area contributed by atoms with Crippen LogP contribution in [-0.2, 0) is 27.2 Å². The number of hydrogen-bond acceptors (Lipinski definition) is 3. The first-order valence-electron chi connectivity index (χ1n) is 8.54. The molecule has 0 heterocycles. The van der Waals surface area contributed by atoms with E-state index >= 15 is 0 Å². The molecule has 1 unspecified atom stereocenters. The smallest absolute Gasteiger partial charge is 0.259 e. The zero-order chi connectivity index (χ0) is 18.8. The van der Waals surface area contributed by atoms with Gasteiger partial charge in [0.05, 0.1) is 0 Å². The second kappa shape index (κ2) is 9.97. The van der Waals surface area contributed by atoms with E-state index in [1.54, 1.807) is 5.94 Å². The Morgan fingerprint density at radius 2 is 1.54 bits per heavy atom. The molecule has 0 spiro atoms. The highest BCUT2D eigenvalue weighted by Crippen LogP contribution is 2.08. The summed E-state index contributed by atoms with van der Waals surface area (Å²) in [5.41, 5.74) is 1.72. The average molecular weight is 350 g/mol. The van der Waals surface area contributed by atoms with Crippen LogP contribution in [0.5, 0.6) is 0 Å². The monoisotopic (exact) mass is 350 g/mol. The number of carbonyl (C=O) groups is 2. The molecule has 2 N–H and O–H groups in total. The Balaban J connectivity index is 2.11. The van der Waals surface area contributed by atoms with Gasteiger partial charge < -0.3 is 10.6 Å². The van der Waals surface area contributed by atoms with Crippen LogP contribution in [0.2, 0.25) is 0 Å². The van der Waals surface area contributed by atoms with Crippen LogP contribution in [0, 0.1) is 0 Å². The molecule has 0 bridgehead atoms. The first kappa shape index (κ1) is 19.2. The fourth-order valence-electron chi connectivity index (χ4n) is 2.56. The van der Waals surface area contributed by atoms with Gasteiger partial charge in [0, 0.05) is 19.4 Å². The van der Waals surface area contributed by atoms with Gasteiger partial charge in [0.15, 0.2) is 0 Å². The first-order valence-corrected chi connectivity index (χ1v) is 8.54. The van der Waals surface area contributed by atoms with E-state index < -0.39 is 11.9 Å². The zero-order valence-electron chi connectivity index (χ0n) is 14.7. The molecule has 0 radical (unpaired) electrons. The Bertz CT molecular complexity index is 781. The van der Waals surface area contributed by atoms with E-state index in [-0.39, 0.29) is 17.9 Å². The molecular weight excluding hydrogens is 328 g/mol. The summed E-state index contributed by atoms with van der Waals surface area (Å²) in [5, 5.41) is 5.39. The summed E-state index contributed by atoms with van der Waals surface area (Å²) < 4.78 is 0. The maximum absolute atomic E-state index is 12.5. The molecule has 0 aromatic heterocycles. The van der Waals surface area contributed by atoms with E-state index in [2.05, 4.69) is 10.6 Å². The summed E-state index contributed by atoms with van der Waals surface area (Å²) in [5.74, 6) is 0.858. The van der Waals surface area contributed by atoms with Crippen LogP contribution >= 0.6 is 0 Å². The number of rotatable bonds is 8. The molecule has 0 saturated carbocycles. The summed E-state index contributed by atoms with van der Waals surface area (Å²) in [4.78, 5) is 36.1. The molecule has 0 saturated heterocycles. The van der Waals surface area contributed by atoms with Crippen LogP contribution < -0.4 is 10.6 Å². The SMILES string of the molecule is CCNC(=O)C(Cc1ccccc1)NC(=O)C(=C=O)Cc1ccccc1. The lowest BCUT2D eigenvalue weighted by Crippen LogP contribution is -2.48. The highest BCUT2D eigenvalue weighted by Gasteiger charge is 2.23. The van der Waals surface area contributed by atoms with Crippen LogP contribution in [0.3, 0.4) is 0 Å². The van der Waals surface area contributed by atoms with Crippen LogP contribution in [0.25, 0.3) is 0 Å². The van der Waals surface area contributed by atoms with Crippen LogP contribution in [0.4, 0.5) is 0 Å². The minimum Gasteiger partial charge on any atom is -0.355 e. The third kappa shape index (κ3) is 5.72. The number of likely N-dealkylation sites (N-methyl/N-ethyl adjacent to an activating group) is 1. The van der Waals surface area contributed by atoms with Crippen LogP contribution in [0.1, 0.15) is 18.1 Å². The standard InChI is InChI=1S/C21H22N2O3/c1-2-22-21(26)19(14-17-11-7-4-8-12-17)23-20(25)18(15-24)13-16-9-5-3-6-10-16/h3-12,19H,2,13-14H2,1H3,(H,22,26)(H,23,25). The summed E-state index contributed by atoms with van der Waals surface area (Å²) in [6.45, 7) is 2.27. The molecule has 2 aromatic rings. The Labute approximate surface area is 153 Å². The molecular formula is C21H22N2O3. The van der Waals surface area contributed by atoms with Crippen molar-refractivity contribution in [2.45, 2.75) is 25.8 Å². The molecule has 0 aliphatic rings. The van der Waals surface area contributed by atoms with Crippen molar-refractivity contribution in [3.8, 4) is 0 Å². The van der Waals surface area contributed by atoms with E-state index in [4.69, 9.17) is 0 Å². The molecule has 0 aliphatic heterocycles. The van der Waals surface area contributed by atoms with Gasteiger partial charge in [-0.3, -0.25) is 9.59 Å². The van der Waals surface area contributed by atoms with Gasteiger partial charge in [-0.05, 0) is 18.1 Å². The minimum atomic E-state index is -0.760. The Hall–Kier alpha value is -3.17. The third-order valence-electron chi connectivity index (χ3n) is 3.88. The summed E-state index contributed by atoms with van der Waals surface area (Å²) in [7, 11) is 0. The van der Waals surface area contributed by atoms with Gasteiger partial charge in [0.25, 0.3) is 5.91 Å². The Kier molecular flexibility index (Phi) is 7.34. The molecule has 1 atom stereocenters. The fraction of sp³-hybridized carbons (Fsp3) is 0.238. The molecule has 2 aromatic carbocycles. The van der Waals surface area contributed by atoms with Crippen molar-refractivity contribution in [2.75, 3.05) is 6.54 Å². The molecule has 26 heavy (non-hydrogen) atoms. The maximum Gasteiger partial charge on any atom is 0.259 e. The average Bonchev–Trinajstić information content (AvgIpc) is 2.67. The zero-order valence-corrected chi connectivity index (χ0v) is 14.7. The normalized spacial score (nSPS) is 11.1. The number of carbonyl (C=O) groups excluding carboxylic acids is 3. The number of hydrogen-bond donors (Lipinski definition) is 2. The maximum atomic E-state index is 12.5. The first-order chi connectivity index (χ1) is 12.6. The second-order valence-corrected chi connectivity index (χ2v) is 5.85. The number of nitrogens with one attached hydrogen (secondary N) is 2. The molecule has 0 fully saturated rings. The van der Waals surface area contributed by atoms with Gasteiger partial charge in [-0.15, -0.1) is 0 Å². The predicted molar refractivity (Wildman–Crippen MR) is 100 cm³/mol. The quantitative estimate of drug-likeness (QED) is 0.564. The lowest BCUT2D eigenvalue weighted by molar-refractivity contribution is -0.127. The molecule has 134 valence electrons. The van der Waals surface area contributed by atoms with Gasteiger partial charge in [-0.1, -0.05) is 60.7 Å². The summed E-state index contributed by atoms with van der Waals surface area (Å²) >= 11 is 0. The summed E-state index contributed by atoms with van der Waals surface area (Å²) in [6, 6.07) is 17.8. The molecule has 5 heteroatoms. The Morgan fingerprint density at radius 3 is 2.08 bits per heavy atom. The van der Waals surface area contributed by atoms with Gasteiger partial charge >= 0.3 is 0 Å². The van der Waals surface area contributed by atoms with Crippen molar-refractivity contribution in [3.05, 3.63) is 77.4 Å². The van der Waals surface area contributed by atoms with E-state index in [1.807, 2.05) is 67.6 Å². The second-order valence-electron chi connectivity index (χ2n) is 5.85. The van der Waals surface area contributed by atoms with E-state index in [1.165, 1.54) is 0 Å². The van der Waals surface area contributed by atoms with Crippen molar-refractivity contribution in [1.29, 1.82) is 0 Å². The highest BCUT2D eigenvalue weighted by molar-refractivity contribution is 6.03. The van der Waals surface area contributed by atoms with Crippen molar-refractivity contribution < 1.29 is 14.4 Å².